The third-order valence-electron chi connectivity index (χ3n) is 3.10. The van der Waals surface area contributed by atoms with Gasteiger partial charge in [0.1, 0.15) is 0 Å². The second kappa shape index (κ2) is 4.46. The van der Waals surface area contributed by atoms with Crippen molar-refractivity contribution >= 4 is 28.3 Å². The van der Waals surface area contributed by atoms with Crippen LogP contribution in [0.4, 0.5) is 5.95 Å². The summed E-state index contributed by atoms with van der Waals surface area (Å²) in [5, 5.41) is 2.11. The summed E-state index contributed by atoms with van der Waals surface area (Å²) in [6.45, 7) is 2.97. The number of nitrogens with zero attached hydrogens (tertiary/aromatic N) is 2. The maximum atomic E-state index is 6.00. The summed E-state index contributed by atoms with van der Waals surface area (Å²) in [6, 6.07) is 10.5. The molecule has 0 spiro atoms. The lowest BCUT2D eigenvalue weighted by molar-refractivity contribution is 0.732. The van der Waals surface area contributed by atoms with Crippen molar-refractivity contribution in [2.24, 2.45) is 0 Å². The monoisotopic (exact) mass is 257 g/mol. The number of benzene rings is 1. The van der Waals surface area contributed by atoms with Gasteiger partial charge in [-0.3, -0.25) is 0 Å². The Kier molecular flexibility index (Phi) is 2.80. The molecule has 3 nitrogen and oxygen atoms in total. The number of thiophene rings is 1. The van der Waals surface area contributed by atoms with Gasteiger partial charge in [-0.15, -0.1) is 11.3 Å². The van der Waals surface area contributed by atoms with Gasteiger partial charge in [0.05, 0.1) is 11.0 Å². The van der Waals surface area contributed by atoms with Gasteiger partial charge in [-0.25, -0.2) is 4.98 Å². The first kappa shape index (κ1) is 11.3. The molecule has 2 heterocycles. The smallest absolute Gasteiger partial charge is 0.201 e. The van der Waals surface area contributed by atoms with Crippen LogP contribution in [0.25, 0.3) is 11.0 Å². The lowest BCUT2D eigenvalue weighted by atomic mass is 10.2. The van der Waals surface area contributed by atoms with Crippen molar-refractivity contribution in [1.82, 2.24) is 9.55 Å². The lowest BCUT2D eigenvalue weighted by Gasteiger charge is -2.05. The van der Waals surface area contributed by atoms with Crippen LogP contribution in [0.3, 0.4) is 0 Å². The Bertz CT molecular complexity index is 668. The zero-order valence-electron chi connectivity index (χ0n) is 10.3. The van der Waals surface area contributed by atoms with E-state index in [0.29, 0.717) is 5.95 Å². The number of hydrogen-bond donors (Lipinski definition) is 1. The molecule has 4 heteroatoms. The van der Waals surface area contributed by atoms with E-state index in [0.717, 1.165) is 24.0 Å². The fourth-order valence-corrected chi connectivity index (χ4v) is 2.86. The van der Waals surface area contributed by atoms with E-state index in [-0.39, 0.29) is 0 Å². The topological polar surface area (TPSA) is 43.8 Å². The molecule has 3 rings (SSSR count). The Morgan fingerprint density at radius 2 is 2.22 bits per heavy atom. The number of imidazole rings is 1. The van der Waals surface area contributed by atoms with Gasteiger partial charge in [0, 0.05) is 11.4 Å². The van der Waals surface area contributed by atoms with E-state index < -0.39 is 0 Å². The summed E-state index contributed by atoms with van der Waals surface area (Å²) >= 11 is 1.78. The normalized spacial score (nSPS) is 11.2. The van der Waals surface area contributed by atoms with Crippen LogP contribution in [-0.2, 0) is 13.0 Å². The van der Waals surface area contributed by atoms with Gasteiger partial charge in [0.15, 0.2) is 0 Å². The molecule has 0 saturated carbocycles. The van der Waals surface area contributed by atoms with E-state index >= 15 is 0 Å². The van der Waals surface area contributed by atoms with Crippen LogP contribution in [0, 0.1) is 6.92 Å². The fourth-order valence-electron chi connectivity index (χ4n) is 2.16. The van der Waals surface area contributed by atoms with E-state index in [1.807, 2.05) is 6.07 Å². The standard InChI is InChI=1S/C14H15N3S/c1-10-4-5-12-13(9-10)17(14(15)16-12)7-6-11-3-2-8-18-11/h2-5,8-9H,6-7H2,1H3,(H2,15,16). The summed E-state index contributed by atoms with van der Waals surface area (Å²) in [4.78, 5) is 5.78. The highest BCUT2D eigenvalue weighted by atomic mass is 32.1. The molecule has 0 aliphatic carbocycles. The molecule has 0 aliphatic heterocycles. The molecule has 0 aliphatic rings. The van der Waals surface area contributed by atoms with Crippen LogP contribution in [0.15, 0.2) is 35.7 Å². The fraction of sp³-hybridized carbons (Fsp3) is 0.214. The Labute approximate surface area is 110 Å². The Hall–Kier alpha value is -1.81. The van der Waals surface area contributed by atoms with Crippen molar-refractivity contribution < 1.29 is 0 Å². The minimum atomic E-state index is 0.604. The third kappa shape index (κ3) is 1.99. The summed E-state index contributed by atoms with van der Waals surface area (Å²) in [6.07, 6.45) is 1.00. The minimum Gasteiger partial charge on any atom is -0.369 e. The molecule has 0 fully saturated rings. The summed E-state index contributed by atoms with van der Waals surface area (Å²) < 4.78 is 2.10. The SMILES string of the molecule is Cc1ccc2nc(N)n(CCc3cccs3)c2c1. The Balaban J connectivity index is 1.95. The number of nitrogens with two attached hydrogens (primary N) is 1. The van der Waals surface area contributed by atoms with Crippen LogP contribution in [0.5, 0.6) is 0 Å². The van der Waals surface area contributed by atoms with Gasteiger partial charge in [-0.1, -0.05) is 12.1 Å². The van der Waals surface area contributed by atoms with Crippen molar-refractivity contribution in [3.8, 4) is 0 Å². The number of hydrogen-bond acceptors (Lipinski definition) is 3. The predicted molar refractivity (Wildman–Crippen MR) is 76.9 cm³/mol. The molecule has 0 atom stereocenters. The summed E-state index contributed by atoms with van der Waals surface area (Å²) in [7, 11) is 0. The van der Waals surface area contributed by atoms with Crippen LogP contribution >= 0.6 is 11.3 Å². The van der Waals surface area contributed by atoms with Crippen molar-refractivity contribution in [1.29, 1.82) is 0 Å². The van der Waals surface area contributed by atoms with Crippen molar-refractivity contribution in [3.05, 3.63) is 46.2 Å². The number of anilines is 1. The molecule has 2 N–H and O–H groups in total. The highest BCUT2D eigenvalue weighted by molar-refractivity contribution is 7.09. The van der Waals surface area contributed by atoms with Crippen LogP contribution in [0.2, 0.25) is 0 Å². The zero-order chi connectivity index (χ0) is 12.5. The van der Waals surface area contributed by atoms with E-state index in [1.165, 1.54) is 10.4 Å². The molecule has 0 amide bonds. The van der Waals surface area contributed by atoms with E-state index in [1.54, 1.807) is 11.3 Å². The molecule has 0 radical (unpaired) electrons. The maximum Gasteiger partial charge on any atom is 0.201 e. The zero-order valence-corrected chi connectivity index (χ0v) is 11.1. The van der Waals surface area contributed by atoms with Gasteiger partial charge >= 0.3 is 0 Å². The summed E-state index contributed by atoms with van der Waals surface area (Å²) in [5.41, 5.74) is 9.34. The van der Waals surface area contributed by atoms with Gasteiger partial charge in [0.25, 0.3) is 0 Å². The van der Waals surface area contributed by atoms with Gasteiger partial charge in [-0.05, 0) is 42.5 Å². The average Bonchev–Trinajstić information content (AvgIpc) is 2.94. The second-order valence-electron chi connectivity index (χ2n) is 4.44. The maximum absolute atomic E-state index is 6.00. The van der Waals surface area contributed by atoms with Crippen LogP contribution < -0.4 is 5.73 Å². The Morgan fingerprint density at radius 3 is 3.00 bits per heavy atom. The molecule has 2 aromatic heterocycles. The van der Waals surface area contributed by atoms with Gasteiger partial charge in [-0.2, -0.15) is 0 Å². The number of aryl methyl sites for hydroxylation is 3. The molecule has 18 heavy (non-hydrogen) atoms. The first-order valence-corrected chi connectivity index (χ1v) is 6.87. The molecule has 3 aromatic rings. The van der Waals surface area contributed by atoms with Crippen LogP contribution in [0.1, 0.15) is 10.4 Å². The van der Waals surface area contributed by atoms with Crippen molar-refractivity contribution in [2.45, 2.75) is 19.9 Å². The first-order chi connectivity index (χ1) is 8.74. The predicted octanol–water partition coefficient (Wildman–Crippen LogP) is 3.23. The highest BCUT2D eigenvalue weighted by Gasteiger charge is 2.08. The quantitative estimate of drug-likeness (QED) is 0.783. The Morgan fingerprint density at radius 1 is 1.33 bits per heavy atom. The molecule has 1 aromatic carbocycles. The molecular weight excluding hydrogens is 242 g/mol. The molecule has 92 valence electrons. The van der Waals surface area contributed by atoms with E-state index in [2.05, 4.69) is 46.1 Å². The first-order valence-electron chi connectivity index (χ1n) is 5.99. The number of aromatic nitrogens is 2. The largest absolute Gasteiger partial charge is 0.369 e. The van der Waals surface area contributed by atoms with Crippen molar-refractivity contribution in [3.63, 3.8) is 0 Å². The second-order valence-corrected chi connectivity index (χ2v) is 5.48. The van der Waals surface area contributed by atoms with E-state index in [9.17, 15) is 0 Å². The summed E-state index contributed by atoms with van der Waals surface area (Å²) in [5.74, 6) is 0.604. The lowest BCUT2D eigenvalue weighted by Crippen LogP contribution is -2.05. The van der Waals surface area contributed by atoms with Gasteiger partial charge < -0.3 is 10.3 Å². The highest BCUT2D eigenvalue weighted by Crippen LogP contribution is 2.20. The molecule has 0 saturated heterocycles. The molecule has 0 bridgehead atoms. The number of nitrogen functional groups attached to an aromatic ring is 1. The van der Waals surface area contributed by atoms with Gasteiger partial charge in [0.2, 0.25) is 5.95 Å². The number of rotatable bonds is 3. The van der Waals surface area contributed by atoms with Crippen molar-refractivity contribution in [2.75, 3.05) is 5.73 Å². The van der Waals surface area contributed by atoms with E-state index in [4.69, 9.17) is 5.73 Å². The minimum absolute atomic E-state index is 0.604. The molecular formula is C14H15N3S. The molecule has 0 unspecified atom stereocenters. The average molecular weight is 257 g/mol. The third-order valence-corrected chi connectivity index (χ3v) is 4.03. The number of fused-ring (bicyclic) bond motifs is 1. The van der Waals surface area contributed by atoms with Crippen LogP contribution in [-0.4, -0.2) is 9.55 Å².